The van der Waals surface area contributed by atoms with Crippen LogP contribution in [0.25, 0.3) is 10.9 Å². The first-order valence-corrected chi connectivity index (χ1v) is 16.8. The molecule has 0 unspecified atom stereocenters. The molecule has 6 rings (SSSR count). The summed E-state index contributed by atoms with van der Waals surface area (Å²) in [5, 5.41) is 3.82. The molecule has 0 saturated carbocycles. The Bertz CT molecular complexity index is 1820. The molecule has 2 aliphatic heterocycles. The van der Waals surface area contributed by atoms with Crippen LogP contribution in [0.15, 0.2) is 91.1 Å². The first-order chi connectivity index (χ1) is 23.5. The summed E-state index contributed by atoms with van der Waals surface area (Å²) in [6.45, 7) is 5.77. The fraction of sp³-hybridized carbons (Fsp3) is 0.385. The smallest absolute Gasteiger partial charge is 0.408 e. The van der Waals surface area contributed by atoms with Crippen LogP contribution in [0.4, 0.5) is 4.79 Å². The molecule has 10 nitrogen and oxygen atoms in total. The van der Waals surface area contributed by atoms with Crippen molar-refractivity contribution in [1.82, 2.24) is 20.1 Å². The summed E-state index contributed by atoms with van der Waals surface area (Å²) in [5.74, 6) is -1.13. The van der Waals surface area contributed by atoms with E-state index in [4.69, 9.17) is 9.47 Å². The van der Waals surface area contributed by atoms with E-state index in [2.05, 4.69) is 10.3 Å². The molecular formula is C39H44N4O6. The van der Waals surface area contributed by atoms with Gasteiger partial charge in [-0.15, -0.1) is 0 Å². The van der Waals surface area contributed by atoms with Gasteiger partial charge in [0.05, 0.1) is 19.2 Å². The predicted molar refractivity (Wildman–Crippen MR) is 186 cm³/mol. The van der Waals surface area contributed by atoms with Gasteiger partial charge in [0.15, 0.2) is 5.41 Å². The lowest BCUT2D eigenvalue weighted by Gasteiger charge is -2.44. The number of H-pyrrole nitrogens is 1. The van der Waals surface area contributed by atoms with Gasteiger partial charge in [-0.25, -0.2) is 4.79 Å². The maximum Gasteiger partial charge on any atom is 0.408 e. The SMILES string of the molecule is COC(=O)[C@]1(Cc2ccccc2)C[C@@H]2CN(C(=O)[C@H](Cc3c[nH]c4ccccc34)NC(=O)OC(C)(C)C)C[C@H](Cc3ccccc3)N2C1=O. The van der Waals surface area contributed by atoms with Gasteiger partial charge >= 0.3 is 12.1 Å². The Labute approximate surface area is 286 Å². The molecule has 2 saturated heterocycles. The molecule has 3 amide bonds. The van der Waals surface area contributed by atoms with E-state index in [1.807, 2.05) is 96.0 Å². The van der Waals surface area contributed by atoms with E-state index in [1.165, 1.54) is 7.11 Å². The van der Waals surface area contributed by atoms with Gasteiger partial charge in [0.2, 0.25) is 11.8 Å². The minimum Gasteiger partial charge on any atom is -0.468 e. The van der Waals surface area contributed by atoms with E-state index in [9.17, 15) is 19.2 Å². The summed E-state index contributed by atoms with van der Waals surface area (Å²) in [5.41, 5.74) is 1.49. The largest absolute Gasteiger partial charge is 0.468 e. The van der Waals surface area contributed by atoms with Crippen LogP contribution < -0.4 is 5.32 Å². The van der Waals surface area contributed by atoms with Crippen LogP contribution in [-0.4, -0.2) is 82.6 Å². The molecule has 2 aliphatic rings. The second-order valence-electron chi connectivity index (χ2n) is 14.2. The molecule has 0 bridgehead atoms. The molecule has 256 valence electrons. The fourth-order valence-electron chi connectivity index (χ4n) is 7.44. The third-order valence-corrected chi connectivity index (χ3v) is 9.52. The van der Waals surface area contributed by atoms with E-state index in [1.54, 1.807) is 25.7 Å². The number of hydrogen-bond acceptors (Lipinski definition) is 6. The molecule has 10 heteroatoms. The number of nitrogens with zero attached hydrogens (tertiary/aromatic N) is 2. The topological polar surface area (TPSA) is 121 Å². The van der Waals surface area contributed by atoms with Crippen molar-refractivity contribution in [2.45, 2.75) is 70.2 Å². The second kappa shape index (κ2) is 13.8. The summed E-state index contributed by atoms with van der Waals surface area (Å²) in [4.78, 5) is 62.7. The Balaban J connectivity index is 1.34. The van der Waals surface area contributed by atoms with Crippen LogP contribution in [0.1, 0.15) is 43.9 Å². The molecule has 0 aliphatic carbocycles. The van der Waals surface area contributed by atoms with E-state index in [-0.39, 0.29) is 44.2 Å². The van der Waals surface area contributed by atoms with Crippen LogP contribution in [0, 0.1) is 5.41 Å². The number of carbonyl (C=O) groups excluding carboxylic acids is 4. The zero-order valence-electron chi connectivity index (χ0n) is 28.5. The molecule has 4 atom stereocenters. The zero-order valence-corrected chi connectivity index (χ0v) is 28.5. The number of fused-ring (bicyclic) bond motifs is 2. The van der Waals surface area contributed by atoms with Gasteiger partial charge in [0.1, 0.15) is 11.6 Å². The third kappa shape index (κ3) is 7.18. The maximum atomic E-state index is 14.6. The Morgan fingerprint density at radius 1 is 0.939 bits per heavy atom. The summed E-state index contributed by atoms with van der Waals surface area (Å²) in [6.07, 6.45) is 2.30. The zero-order chi connectivity index (χ0) is 34.8. The average Bonchev–Trinajstić information content (AvgIpc) is 3.62. The first-order valence-electron chi connectivity index (χ1n) is 16.8. The van der Waals surface area contributed by atoms with Gasteiger partial charge in [-0.1, -0.05) is 78.9 Å². The molecule has 4 aromatic rings. The molecule has 0 radical (unpaired) electrons. The lowest BCUT2D eigenvalue weighted by Crippen LogP contribution is -2.62. The quantitative estimate of drug-likeness (QED) is 0.191. The summed E-state index contributed by atoms with van der Waals surface area (Å²) in [7, 11) is 1.31. The van der Waals surface area contributed by atoms with E-state index >= 15 is 0 Å². The van der Waals surface area contributed by atoms with E-state index < -0.39 is 41.2 Å². The Kier molecular flexibility index (Phi) is 9.50. The highest BCUT2D eigenvalue weighted by atomic mass is 16.6. The number of piperazine rings is 1. The third-order valence-electron chi connectivity index (χ3n) is 9.52. The van der Waals surface area contributed by atoms with Gasteiger partial charge < -0.3 is 29.6 Å². The number of rotatable bonds is 9. The number of methoxy groups -OCH3 is 1. The standard InChI is InChI=1S/C39H44N4O6/c1-38(2,3)49-37(47)41-33(20-28-23-40-32-18-12-11-17-31(28)32)34(44)42-24-29(19-26-13-7-5-8-14-26)43-30(25-42)22-39(35(43)45,36(46)48-4)21-27-15-9-6-10-16-27/h5-18,23,29-30,33,40H,19-22,24-25H2,1-4H3,(H,41,47)/t29-,30+,33-,39+/m0/s1. The van der Waals surface area contributed by atoms with Crippen LogP contribution >= 0.6 is 0 Å². The first kappa shape index (κ1) is 33.8. The average molecular weight is 665 g/mol. The number of alkyl carbamates (subject to hydrolysis) is 1. The number of amides is 3. The monoisotopic (exact) mass is 664 g/mol. The van der Waals surface area contributed by atoms with Gasteiger partial charge in [-0.2, -0.15) is 0 Å². The molecule has 49 heavy (non-hydrogen) atoms. The van der Waals surface area contributed by atoms with Crippen LogP contribution in [0.2, 0.25) is 0 Å². The van der Waals surface area contributed by atoms with Crippen molar-refractivity contribution in [3.63, 3.8) is 0 Å². The van der Waals surface area contributed by atoms with E-state index in [0.717, 1.165) is 27.6 Å². The number of ether oxygens (including phenoxy) is 2. The highest BCUT2D eigenvalue weighted by molar-refractivity contribution is 6.05. The number of nitrogens with one attached hydrogen (secondary N) is 2. The minimum atomic E-state index is -1.42. The molecule has 1 aromatic heterocycles. The van der Waals surface area contributed by atoms with Crippen molar-refractivity contribution in [3.05, 3.63) is 108 Å². The fourth-order valence-corrected chi connectivity index (χ4v) is 7.44. The van der Waals surface area contributed by atoms with Crippen molar-refractivity contribution in [1.29, 1.82) is 0 Å². The number of carbonyl (C=O) groups is 4. The Morgan fingerprint density at radius 2 is 1.59 bits per heavy atom. The lowest BCUT2D eigenvalue weighted by atomic mass is 9.78. The molecule has 0 spiro atoms. The van der Waals surface area contributed by atoms with Gasteiger partial charge in [-0.05, 0) is 62.8 Å². The number of para-hydroxylation sites is 1. The van der Waals surface area contributed by atoms with Gasteiger partial charge in [0, 0.05) is 36.6 Å². The number of hydrogen-bond donors (Lipinski definition) is 2. The predicted octanol–water partition coefficient (Wildman–Crippen LogP) is 5.06. The van der Waals surface area contributed by atoms with Gasteiger partial charge in [-0.3, -0.25) is 14.4 Å². The van der Waals surface area contributed by atoms with Crippen molar-refractivity contribution >= 4 is 34.8 Å². The normalized spacial score (nSPS) is 21.3. The molecule has 2 N–H and O–H groups in total. The van der Waals surface area contributed by atoms with Crippen molar-refractivity contribution < 1.29 is 28.7 Å². The van der Waals surface area contributed by atoms with Crippen LogP contribution in [0.5, 0.6) is 0 Å². The Morgan fingerprint density at radius 3 is 2.27 bits per heavy atom. The van der Waals surface area contributed by atoms with Crippen LogP contribution in [0.3, 0.4) is 0 Å². The molecular weight excluding hydrogens is 620 g/mol. The lowest BCUT2D eigenvalue weighted by molar-refractivity contribution is -0.160. The van der Waals surface area contributed by atoms with Crippen molar-refractivity contribution in [3.8, 4) is 0 Å². The highest BCUT2D eigenvalue weighted by Crippen LogP contribution is 2.44. The summed E-state index contributed by atoms with van der Waals surface area (Å²) in [6, 6.07) is 25.3. The number of aromatic nitrogens is 1. The summed E-state index contributed by atoms with van der Waals surface area (Å²) >= 11 is 0. The number of esters is 1. The summed E-state index contributed by atoms with van der Waals surface area (Å²) < 4.78 is 10.9. The molecule has 2 fully saturated rings. The second-order valence-corrected chi connectivity index (χ2v) is 14.2. The number of benzene rings is 3. The Hall–Kier alpha value is -5.12. The molecule has 3 aromatic carbocycles. The van der Waals surface area contributed by atoms with Crippen molar-refractivity contribution in [2.75, 3.05) is 20.2 Å². The highest BCUT2D eigenvalue weighted by Gasteiger charge is 2.60. The van der Waals surface area contributed by atoms with Gasteiger partial charge in [0.25, 0.3) is 0 Å². The maximum absolute atomic E-state index is 14.6. The van der Waals surface area contributed by atoms with Crippen molar-refractivity contribution in [2.24, 2.45) is 5.41 Å². The minimum absolute atomic E-state index is 0.196. The number of aromatic amines is 1. The van der Waals surface area contributed by atoms with Crippen LogP contribution in [-0.2, 0) is 43.1 Å². The van der Waals surface area contributed by atoms with E-state index in [0.29, 0.717) is 6.42 Å². The molecule has 3 heterocycles.